The highest BCUT2D eigenvalue weighted by Gasteiger charge is 2.22. The minimum absolute atomic E-state index is 0.00101. The van der Waals surface area contributed by atoms with E-state index in [0.29, 0.717) is 19.7 Å². The second-order valence-electron chi connectivity index (χ2n) is 6.58. The van der Waals surface area contributed by atoms with Crippen LogP contribution in [0.3, 0.4) is 0 Å². The first-order chi connectivity index (χ1) is 13.2. The minimum Gasteiger partial charge on any atom is -0.364 e. The molecule has 1 N–H and O–H groups in total. The first kappa shape index (κ1) is 17.4. The van der Waals surface area contributed by atoms with Gasteiger partial charge in [-0.1, -0.05) is 12.1 Å². The third kappa shape index (κ3) is 3.90. The number of nitrogens with zero attached hydrogens (tertiary/aromatic N) is 5. The largest absolute Gasteiger partial charge is 0.364 e. The quantitative estimate of drug-likeness (QED) is 0.737. The Hall–Kier alpha value is -3.00. The third-order valence-corrected chi connectivity index (χ3v) is 4.73. The van der Waals surface area contributed by atoms with E-state index in [0.717, 1.165) is 41.3 Å². The Morgan fingerprint density at radius 2 is 2.07 bits per heavy atom. The van der Waals surface area contributed by atoms with Crippen LogP contribution in [0, 0.1) is 6.92 Å². The molecular formula is C19H22N6O2. The Morgan fingerprint density at radius 1 is 1.22 bits per heavy atom. The number of rotatable bonds is 5. The van der Waals surface area contributed by atoms with E-state index in [4.69, 9.17) is 4.74 Å². The Morgan fingerprint density at radius 3 is 2.81 bits per heavy atom. The molecule has 0 unspecified atom stereocenters. The van der Waals surface area contributed by atoms with Crippen LogP contribution >= 0.6 is 0 Å². The molecule has 27 heavy (non-hydrogen) atoms. The first-order valence-electron chi connectivity index (χ1n) is 9.01. The van der Waals surface area contributed by atoms with Gasteiger partial charge in [-0.2, -0.15) is 0 Å². The highest BCUT2D eigenvalue weighted by molar-refractivity contribution is 5.79. The van der Waals surface area contributed by atoms with Gasteiger partial charge in [-0.15, -0.1) is 0 Å². The molecule has 1 aromatic carbocycles. The molecule has 1 aliphatic heterocycles. The fraction of sp³-hybridized carbons (Fsp3) is 0.368. The number of para-hydroxylation sites is 1. The molecular weight excluding hydrogens is 344 g/mol. The van der Waals surface area contributed by atoms with E-state index < -0.39 is 0 Å². The Kier molecular flexibility index (Phi) is 4.97. The summed E-state index contributed by atoms with van der Waals surface area (Å²) >= 11 is 0. The van der Waals surface area contributed by atoms with Gasteiger partial charge in [0.15, 0.2) is 0 Å². The number of aromatic amines is 1. The first-order valence-corrected chi connectivity index (χ1v) is 9.01. The molecule has 1 amide bonds. The van der Waals surface area contributed by atoms with Crippen LogP contribution in [0.4, 0.5) is 5.82 Å². The molecule has 1 fully saturated rings. The summed E-state index contributed by atoms with van der Waals surface area (Å²) in [5, 5.41) is 0. The molecule has 4 rings (SSSR count). The fourth-order valence-electron chi connectivity index (χ4n) is 3.26. The number of imidazole rings is 1. The Balaban J connectivity index is 1.25. The number of aromatic nitrogens is 4. The Bertz CT molecular complexity index is 918. The van der Waals surface area contributed by atoms with Crippen LogP contribution in [0.2, 0.25) is 0 Å². The van der Waals surface area contributed by atoms with Crippen molar-refractivity contribution in [3.63, 3.8) is 0 Å². The van der Waals surface area contributed by atoms with Crippen molar-refractivity contribution in [2.75, 3.05) is 37.7 Å². The molecule has 1 saturated heterocycles. The predicted molar refractivity (Wildman–Crippen MR) is 101 cm³/mol. The maximum atomic E-state index is 12.4. The van der Waals surface area contributed by atoms with E-state index >= 15 is 0 Å². The van der Waals surface area contributed by atoms with E-state index in [2.05, 4.69) is 24.8 Å². The topological polar surface area (TPSA) is 87.2 Å². The molecule has 0 atom stereocenters. The summed E-state index contributed by atoms with van der Waals surface area (Å²) in [7, 11) is 0. The average molecular weight is 366 g/mol. The lowest BCUT2D eigenvalue weighted by Crippen LogP contribution is -2.50. The van der Waals surface area contributed by atoms with Gasteiger partial charge < -0.3 is 19.5 Å². The zero-order chi connectivity index (χ0) is 18.6. The predicted octanol–water partition coefficient (Wildman–Crippen LogP) is 1.53. The van der Waals surface area contributed by atoms with Crippen molar-refractivity contribution >= 4 is 22.8 Å². The van der Waals surface area contributed by atoms with Gasteiger partial charge >= 0.3 is 0 Å². The normalized spacial score (nSPS) is 14.7. The van der Waals surface area contributed by atoms with Crippen molar-refractivity contribution in [3.05, 3.63) is 48.2 Å². The van der Waals surface area contributed by atoms with Crippen LogP contribution in [0.25, 0.3) is 11.0 Å². The van der Waals surface area contributed by atoms with Gasteiger partial charge in [0.25, 0.3) is 0 Å². The number of benzene rings is 1. The van der Waals surface area contributed by atoms with Crippen molar-refractivity contribution < 1.29 is 9.53 Å². The molecule has 3 heterocycles. The lowest BCUT2D eigenvalue weighted by molar-refractivity contribution is -0.136. The molecule has 3 aromatic rings. The highest BCUT2D eigenvalue weighted by atomic mass is 16.5. The summed E-state index contributed by atoms with van der Waals surface area (Å²) in [6.45, 7) is 5.17. The molecule has 140 valence electrons. The lowest BCUT2D eigenvalue weighted by atomic mass is 10.2. The SMILES string of the molecule is Cc1cccc2[nH]c(COCC(=O)N3CCN(c4cnccn4)CC3)nc12. The maximum absolute atomic E-state index is 12.4. The van der Waals surface area contributed by atoms with E-state index in [-0.39, 0.29) is 12.5 Å². The van der Waals surface area contributed by atoms with Crippen molar-refractivity contribution in [1.29, 1.82) is 0 Å². The molecule has 2 aromatic heterocycles. The average Bonchev–Trinajstić information content (AvgIpc) is 3.13. The summed E-state index contributed by atoms with van der Waals surface area (Å²) in [6.07, 6.45) is 5.08. The molecule has 0 radical (unpaired) electrons. The van der Waals surface area contributed by atoms with Crippen LogP contribution in [0.5, 0.6) is 0 Å². The summed E-state index contributed by atoms with van der Waals surface area (Å²) < 4.78 is 5.59. The van der Waals surface area contributed by atoms with E-state index in [9.17, 15) is 4.79 Å². The van der Waals surface area contributed by atoms with Crippen LogP contribution in [0.15, 0.2) is 36.8 Å². The summed E-state index contributed by atoms with van der Waals surface area (Å²) in [4.78, 5) is 32.5. The zero-order valence-corrected chi connectivity index (χ0v) is 15.3. The number of anilines is 1. The number of ether oxygens (including phenoxy) is 1. The molecule has 0 aliphatic carbocycles. The monoisotopic (exact) mass is 366 g/mol. The van der Waals surface area contributed by atoms with Gasteiger partial charge in [0, 0.05) is 38.6 Å². The molecule has 0 bridgehead atoms. The number of H-pyrrole nitrogens is 1. The van der Waals surface area contributed by atoms with Gasteiger partial charge in [0.05, 0.1) is 17.2 Å². The van der Waals surface area contributed by atoms with E-state index in [1.807, 2.05) is 30.0 Å². The smallest absolute Gasteiger partial charge is 0.248 e. The van der Waals surface area contributed by atoms with Crippen LogP contribution < -0.4 is 4.90 Å². The number of nitrogens with one attached hydrogen (secondary N) is 1. The van der Waals surface area contributed by atoms with Gasteiger partial charge in [0.2, 0.25) is 5.91 Å². The number of carbonyl (C=O) groups is 1. The lowest BCUT2D eigenvalue weighted by Gasteiger charge is -2.35. The number of amides is 1. The number of hydrogen-bond donors (Lipinski definition) is 1. The molecule has 0 spiro atoms. The molecule has 1 aliphatic rings. The number of carbonyl (C=O) groups excluding carboxylic acids is 1. The van der Waals surface area contributed by atoms with Crippen LogP contribution in [0.1, 0.15) is 11.4 Å². The third-order valence-electron chi connectivity index (χ3n) is 4.73. The second kappa shape index (κ2) is 7.71. The summed E-state index contributed by atoms with van der Waals surface area (Å²) in [6, 6.07) is 6.00. The maximum Gasteiger partial charge on any atom is 0.248 e. The minimum atomic E-state index is 0.00101. The number of aryl methyl sites for hydroxylation is 1. The van der Waals surface area contributed by atoms with Crippen molar-refractivity contribution in [1.82, 2.24) is 24.8 Å². The number of piperazine rings is 1. The van der Waals surface area contributed by atoms with E-state index in [1.165, 1.54) is 0 Å². The standard InChI is InChI=1S/C19H22N6O2/c1-14-3-2-4-15-19(14)23-16(22-15)12-27-13-18(26)25-9-7-24(8-10-25)17-11-20-5-6-21-17/h2-6,11H,7-10,12-13H2,1H3,(H,22,23). The van der Waals surface area contributed by atoms with Crippen molar-refractivity contribution in [2.24, 2.45) is 0 Å². The van der Waals surface area contributed by atoms with Crippen molar-refractivity contribution in [2.45, 2.75) is 13.5 Å². The molecule has 8 nitrogen and oxygen atoms in total. The fourth-order valence-corrected chi connectivity index (χ4v) is 3.26. The van der Waals surface area contributed by atoms with Crippen molar-refractivity contribution in [3.8, 4) is 0 Å². The number of fused-ring (bicyclic) bond motifs is 1. The van der Waals surface area contributed by atoms with E-state index in [1.54, 1.807) is 18.6 Å². The Labute approximate surface area is 157 Å². The second-order valence-corrected chi connectivity index (χ2v) is 6.58. The van der Waals surface area contributed by atoms with Gasteiger partial charge in [-0.3, -0.25) is 9.78 Å². The summed E-state index contributed by atoms with van der Waals surface area (Å²) in [5.41, 5.74) is 3.05. The zero-order valence-electron chi connectivity index (χ0n) is 15.3. The van der Waals surface area contributed by atoms with Crippen LogP contribution in [-0.2, 0) is 16.1 Å². The number of hydrogen-bond acceptors (Lipinski definition) is 6. The van der Waals surface area contributed by atoms with Gasteiger partial charge in [-0.05, 0) is 18.6 Å². The molecule has 8 heteroatoms. The van der Waals surface area contributed by atoms with Gasteiger partial charge in [-0.25, -0.2) is 9.97 Å². The summed E-state index contributed by atoms with van der Waals surface area (Å²) in [5.74, 6) is 1.58. The van der Waals surface area contributed by atoms with Gasteiger partial charge in [0.1, 0.15) is 24.9 Å². The highest BCUT2D eigenvalue weighted by Crippen LogP contribution is 2.16. The van der Waals surface area contributed by atoms with Crippen LogP contribution in [-0.4, -0.2) is 63.5 Å². The molecule has 0 saturated carbocycles.